The summed E-state index contributed by atoms with van der Waals surface area (Å²) in [6, 6.07) is 11.1. The first-order chi connectivity index (χ1) is 9.11. The third-order valence-electron chi connectivity index (χ3n) is 3.13. The molecule has 0 bridgehead atoms. The number of methoxy groups -OCH3 is 1. The Morgan fingerprint density at radius 1 is 1.26 bits per heavy atom. The molecule has 1 aromatic heterocycles. The van der Waals surface area contributed by atoms with Gasteiger partial charge in [0.15, 0.2) is 0 Å². The molecular formula is C15H18N2O2. The Balaban J connectivity index is 2.08. The minimum Gasteiger partial charge on any atom is -0.497 e. The van der Waals surface area contributed by atoms with Gasteiger partial charge in [-0.25, -0.2) is 0 Å². The van der Waals surface area contributed by atoms with Crippen molar-refractivity contribution in [1.82, 2.24) is 9.47 Å². The summed E-state index contributed by atoms with van der Waals surface area (Å²) in [4.78, 5) is 14.0. The minimum atomic E-state index is 0.00357. The van der Waals surface area contributed by atoms with Crippen molar-refractivity contribution in [3.63, 3.8) is 0 Å². The molecular weight excluding hydrogens is 240 g/mol. The molecule has 0 aliphatic rings. The van der Waals surface area contributed by atoms with E-state index in [9.17, 15) is 4.79 Å². The number of nitrogens with zero attached hydrogens (tertiary/aromatic N) is 2. The molecule has 4 nitrogen and oxygen atoms in total. The predicted molar refractivity (Wildman–Crippen MR) is 74.2 cm³/mol. The number of rotatable bonds is 4. The molecule has 100 valence electrons. The predicted octanol–water partition coefficient (Wildman–Crippen LogP) is 2.31. The smallest absolute Gasteiger partial charge is 0.253 e. The first kappa shape index (κ1) is 13.2. The Morgan fingerprint density at radius 2 is 1.95 bits per heavy atom. The fourth-order valence-corrected chi connectivity index (χ4v) is 1.93. The molecule has 19 heavy (non-hydrogen) atoms. The van der Waals surface area contributed by atoms with E-state index in [1.165, 1.54) is 0 Å². The van der Waals surface area contributed by atoms with Gasteiger partial charge in [-0.3, -0.25) is 4.79 Å². The van der Waals surface area contributed by atoms with Crippen molar-refractivity contribution < 1.29 is 9.53 Å². The van der Waals surface area contributed by atoms with Crippen LogP contribution in [0.3, 0.4) is 0 Å². The van der Waals surface area contributed by atoms with Crippen molar-refractivity contribution in [2.45, 2.75) is 6.54 Å². The topological polar surface area (TPSA) is 34.5 Å². The molecule has 0 N–H and O–H groups in total. The highest BCUT2D eigenvalue weighted by Crippen LogP contribution is 2.14. The van der Waals surface area contributed by atoms with Crippen molar-refractivity contribution >= 4 is 5.91 Å². The largest absolute Gasteiger partial charge is 0.497 e. The zero-order chi connectivity index (χ0) is 13.8. The molecule has 0 saturated heterocycles. The highest BCUT2D eigenvalue weighted by atomic mass is 16.5. The number of aryl methyl sites for hydroxylation is 1. The highest BCUT2D eigenvalue weighted by Gasteiger charge is 2.12. The second-order valence-electron chi connectivity index (χ2n) is 4.50. The van der Waals surface area contributed by atoms with Crippen LogP contribution >= 0.6 is 0 Å². The monoisotopic (exact) mass is 258 g/mol. The van der Waals surface area contributed by atoms with Crippen LogP contribution in [0.2, 0.25) is 0 Å². The molecule has 0 saturated carbocycles. The summed E-state index contributed by atoms with van der Waals surface area (Å²) >= 11 is 0. The van der Waals surface area contributed by atoms with Gasteiger partial charge in [-0.2, -0.15) is 0 Å². The quantitative estimate of drug-likeness (QED) is 0.843. The van der Waals surface area contributed by atoms with E-state index >= 15 is 0 Å². The van der Waals surface area contributed by atoms with Gasteiger partial charge < -0.3 is 14.2 Å². The van der Waals surface area contributed by atoms with E-state index in [1.807, 2.05) is 29.9 Å². The van der Waals surface area contributed by atoms with Crippen LogP contribution < -0.4 is 4.74 Å². The molecule has 1 amide bonds. The molecule has 2 rings (SSSR count). The molecule has 4 heteroatoms. The summed E-state index contributed by atoms with van der Waals surface area (Å²) in [7, 11) is 5.39. The van der Waals surface area contributed by atoms with Crippen molar-refractivity contribution in [2.24, 2.45) is 7.05 Å². The Bertz CT molecular complexity index is 558. The highest BCUT2D eigenvalue weighted by molar-refractivity contribution is 5.94. The molecule has 0 atom stereocenters. The number of aromatic nitrogens is 1. The average Bonchev–Trinajstić information content (AvgIpc) is 2.83. The zero-order valence-electron chi connectivity index (χ0n) is 11.5. The normalized spacial score (nSPS) is 10.3. The van der Waals surface area contributed by atoms with Crippen LogP contribution in [0, 0.1) is 0 Å². The summed E-state index contributed by atoms with van der Waals surface area (Å²) in [5, 5.41) is 0. The van der Waals surface area contributed by atoms with Gasteiger partial charge in [-0.15, -0.1) is 0 Å². The SMILES string of the molecule is COc1ccc(C(=O)N(C)Cc2cccn2C)cc1. The fourth-order valence-electron chi connectivity index (χ4n) is 1.93. The number of benzene rings is 1. The van der Waals surface area contributed by atoms with E-state index in [0.717, 1.165) is 11.4 Å². The molecule has 1 aromatic carbocycles. The summed E-state index contributed by atoms with van der Waals surface area (Å²) in [5.41, 5.74) is 1.77. The summed E-state index contributed by atoms with van der Waals surface area (Å²) in [6.45, 7) is 0.592. The van der Waals surface area contributed by atoms with Crippen LogP contribution in [0.15, 0.2) is 42.6 Å². The molecule has 0 fully saturated rings. The number of ether oxygens (including phenoxy) is 1. The second-order valence-corrected chi connectivity index (χ2v) is 4.50. The van der Waals surface area contributed by atoms with E-state index in [4.69, 9.17) is 4.74 Å². The van der Waals surface area contributed by atoms with Crippen LogP contribution in [-0.2, 0) is 13.6 Å². The van der Waals surface area contributed by atoms with Gasteiger partial charge in [0, 0.05) is 31.5 Å². The number of amides is 1. The van der Waals surface area contributed by atoms with Gasteiger partial charge in [0.2, 0.25) is 0 Å². The molecule has 0 radical (unpaired) electrons. The molecule has 1 heterocycles. The Labute approximate surface area is 113 Å². The first-order valence-corrected chi connectivity index (χ1v) is 6.11. The fraction of sp³-hybridized carbons (Fsp3) is 0.267. The van der Waals surface area contributed by atoms with E-state index in [-0.39, 0.29) is 5.91 Å². The third-order valence-corrected chi connectivity index (χ3v) is 3.13. The summed E-state index contributed by atoms with van der Waals surface area (Å²) in [5.74, 6) is 0.755. The van der Waals surface area contributed by atoms with Gasteiger partial charge in [0.1, 0.15) is 5.75 Å². The maximum atomic E-state index is 12.3. The summed E-state index contributed by atoms with van der Waals surface area (Å²) < 4.78 is 7.09. The van der Waals surface area contributed by atoms with E-state index in [0.29, 0.717) is 12.1 Å². The average molecular weight is 258 g/mol. The van der Waals surface area contributed by atoms with Gasteiger partial charge in [-0.1, -0.05) is 0 Å². The maximum absolute atomic E-state index is 12.3. The molecule has 2 aromatic rings. The van der Waals surface area contributed by atoms with Crippen molar-refractivity contribution in [2.75, 3.05) is 14.2 Å². The molecule has 0 aliphatic carbocycles. The standard InChI is InChI=1S/C15H18N2O2/c1-16-10-4-5-13(16)11-17(2)15(18)12-6-8-14(19-3)9-7-12/h4-10H,11H2,1-3H3. The van der Waals surface area contributed by atoms with Crippen LogP contribution in [0.25, 0.3) is 0 Å². The lowest BCUT2D eigenvalue weighted by molar-refractivity contribution is 0.0782. The number of carbonyl (C=O) groups is 1. The van der Waals surface area contributed by atoms with Crippen LogP contribution in [0.5, 0.6) is 5.75 Å². The Morgan fingerprint density at radius 3 is 2.47 bits per heavy atom. The second kappa shape index (κ2) is 5.61. The lowest BCUT2D eigenvalue weighted by Gasteiger charge is -2.17. The number of carbonyl (C=O) groups excluding carboxylic acids is 1. The molecule has 0 aliphatic heterocycles. The minimum absolute atomic E-state index is 0.00357. The van der Waals surface area contributed by atoms with Crippen LogP contribution in [0.4, 0.5) is 0 Å². The lowest BCUT2D eigenvalue weighted by atomic mass is 10.2. The Hall–Kier alpha value is -2.23. The van der Waals surface area contributed by atoms with Crippen molar-refractivity contribution in [1.29, 1.82) is 0 Å². The van der Waals surface area contributed by atoms with Gasteiger partial charge >= 0.3 is 0 Å². The first-order valence-electron chi connectivity index (χ1n) is 6.11. The molecule has 0 unspecified atom stereocenters. The van der Waals surface area contributed by atoms with Gasteiger partial charge in [-0.05, 0) is 36.4 Å². The summed E-state index contributed by atoms with van der Waals surface area (Å²) in [6.07, 6.45) is 1.97. The van der Waals surface area contributed by atoms with E-state index in [2.05, 4.69) is 0 Å². The third kappa shape index (κ3) is 2.96. The van der Waals surface area contributed by atoms with Gasteiger partial charge in [0.05, 0.1) is 13.7 Å². The molecule has 0 spiro atoms. The van der Waals surface area contributed by atoms with Crippen molar-refractivity contribution in [3.05, 3.63) is 53.9 Å². The van der Waals surface area contributed by atoms with E-state index in [1.54, 1.807) is 43.3 Å². The number of hydrogen-bond acceptors (Lipinski definition) is 2. The lowest BCUT2D eigenvalue weighted by Crippen LogP contribution is -2.27. The van der Waals surface area contributed by atoms with E-state index < -0.39 is 0 Å². The maximum Gasteiger partial charge on any atom is 0.253 e. The zero-order valence-corrected chi connectivity index (χ0v) is 11.5. The number of hydrogen-bond donors (Lipinski definition) is 0. The Kier molecular flexibility index (Phi) is 3.90. The van der Waals surface area contributed by atoms with Gasteiger partial charge in [0.25, 0.3) is 5.91 Å². The van der Waals surface area contributed by atoms with Crippen LogP contribution in [-0.4, -0.2) is 29.5 Å². The van der Waals surface area contributed by atoms with Crippen LogP contribution in [0.1, 0.15) is 16.1 Å². The van der Waals surface area contributed by atoms with Crippen molar-refractivity contribution in [3.8, 4) is 5.75 Å².